The molecule has 1 aliphatic rings. The predicted octanol–water partition coefficient (Wildman–Crippen LogP) is 3.04. The van der Waals surface area contributed by atoms with E-state index in [1.165, 1.54) is 11.9 Å². The van der Waals surface area contributed by atoms with E-state index in [1.807, 2.05) is 0 Å². The lowest BCUT2D eigenvalue weighted by Crippen LogP contribution is -2.42. The van der Waals surface area contributed by atoms with Crippen molar-refractivity contribution in [1.29, 1.82) is 0 Å². The van der Waals surface area contributed by atoms with Crippen LogP contribution >= 0.6 is 0 Å². The minimum absolute atomic E-state index is 0.187. The second-order valence-corrected chi connectivity index (χ2v) is 5.77. The van der Waals surface area contributed by atoms with Gasteiger partial charge >= 0.3 is 0 Å². The first-order chi connectivity index (χ1) is 11.9. The molecule has 3 heteroatoms. The second-order valence-electron chi connectivity index (χ2n) is 5.77. The van der Waals surface area contributed by atoms with Crippen LogP contribution in [0.15, 0.2) is 24.3 Å². The van der Waals surface area contributed by atoms with Crippen molar-refractivity contribution >= 4 is 0 Å². The number of hydrogen-bond acceptors (Lipinski definition) is 3. The maximum Gasteiger partial charge on any atom is 0.118 e. The molecule has 1 fully saturated rings. The molecule has 0 bridgehead atoms. The molecule has 20 heavy (non-hydrogen) atoms. The highest BCUT2D eigenvalue weighted by molar-refractivity contribution is 5.31. The second kappa shape index (κ2) is 6.59. The summed E-state index contributed by atoms with van der Waals surface area (Å²) < 4.78 is 49.2. The molecule has 0 aromatic heterocycles. The minimum Gasteiger partial charge on any atom is -0.497 e. The lowest BCUT2D eigenvalue weighted by molar-refractivity contribution is -0.0277. The fraction of sp³-hybridized carbons (Fsp3) is 0.647. The number of nitrogens with zero attached hydrogens (tertiary/aromatic N) is 1. The summed E-state index contributed by atoms with van der Waals surface area (Å²) in [5.74, 6) is -0.164. The van der Waals surface area contributed by atoms with Gasteiger partial charge in [0.15, 0.2) is 0 Å². The van der Waals surface area contributed by atoms with E-state index in [0.717, 1.165) is 24.8 Å². The van der Waals surface area contributed by atoms with Gasteiger partial charge in [-0.3, -0.25) is 0 Å². The molecule has 1 aromatic carbocycles. The molecule has 2 rings (SSSR count). The van der Waals surface area contributed by atoms with Gasteiger partial charge in [0.25, 0.3) is 0 Å². The average molecular weight is 283 g/mol. The van der Waals surface area contributed by atoms with Gasteiger partial charge in [-0.2, -0.15) is 0 Å². The Balaban J connectivity index is 2.28. The SMILES string of the molecule is [2H]C([2H])([2H])Oc1ccc([C@@H](CN(C)C([2H])([2H])[2H])C2(O)CCCCC2)cc1. The standard InChI is InChI=1S/C17H27NO2/c1-18(2)13-16(17(19)11-5-4-6-12-17)14-7-9-15(20-3)10-8-14/h7-10,16,19H,4-6,11-13H2,1-3H3/t16-/m1/s1/i1D3,3D3. The van der Waals surface area contributed by atoms with Crippen LogP contribution in [0.2, 0.25) is 0 Å². The van der Waals surface area contributed by atoms with E-state index >= 15 is 0 Å². The van der Waals surface area contributed by atoms with E-state index in [2.05, 4.69) is 0 Å². The Morgan fingerprint density at radius 1 is 1.30 bits per heavy atom. The number of benzene rings is 1. The quantitative estimate of drug-likeness (QED) is 0.901. The van der Waals surface area contributed by atoms with Crippen LogP contribution in [0.4, 0.5) is 0 Å². The van der Waals surface area contributed by atoms with Crippen LogP contribution in [0.5, 0.6) is 5.75 Å². The van der Waals surface area contributed by atoms with Crippen molar-refractivity contribution < 1.29 is 18.1 Å². The lowest BCUT2D eigenvalue weighted by Gasteiger charge is -2.40. The summed E-state index contributed by atoms with van der Waals surface area (Å²) >= 11 is 0. The molecule has 0 radical (unpaired) electrons. The first kappa shape index (κ1) is 9.06. The number of methoxy groups -OCH3 is 1. The Kier molecular flexibility index (Phi) is 2.99. The highest BCUT2D eigenvalue weighted by Gasteiger charge is 2.38. The van der Waals surface area contributed by atoms with Crippen LogP contribution < -0.4 is 4.74 Å². The molecule has 1 atom stereocenters. The van der Waals surface area contributed by atoms with Gasteiger partial charge < -0.3 is 14.7 Å². The molecule has 0 heterocycles. The summed E-state index contributed by atoms with van der Waals surface area (Å²) in [6, 6.07) is 6.53. The van der Waals surface area contributed by atoms with Gasteiger partial charge in [-0.1, -0.05) is 31.4 Å². The first-order valence-electron chi connectivity index (χ1n) is 10.1. The van der Waals surface area contributed by atoms with Crippen molar-refractivity contribution in [2.75, 3.05) is 27.6 Å². The molecule has 0 saturated heterocycles. The van der Waals surface area contributed by atoms with Crippen molar-refractivity contribution in [2.45, 2.75) is 43.6 Å². The van der Waals surface area contributed by atoms with Crippen molar-refractivity contribution in [3.8, 4) is 5.75 Å². The van der Waals surface area contributed by atoms with Crippen LogP contribution in [-0.2, 0) is 0 Å². The normalized spacial score (nSPS) is 25.6. The van der Waals surface area contributed by atoms with Crippen LogP contribution in [0, 0.1) is 0 Å². The van der Waals surface area contributed by atoms with E-state index in [4.69, 9.17) is 13.0 Å². The van der Waals surface area contributed by atoms with Gasteiger partial charge in [-0.05, 0) is 44.6 Å². The summed E-state index contributed by atoms with van der Waals surface area (Å²) in [6.07, 6.45) is 4.13. The highest BCUT2D eigenvalue weighted by atomic mass is 16.5. The van der Waals surface area contributed by atoms with E-state index in [-0.39, 0.29) is 18.2 Å². The maximum absolute atomic E-state index is 11.2. The fourth-order valence-electron chi connectivity index (χ4n) is 3.14. The van der Waals surface area contributed by atoms with Gasteiger partial charge in [0.1, 0.15) is 5.75 Å². The summed E-state index contributed by atoms with van der Waals surface area (Å²) in [7, 11) is -0.998. The molecule has 1 aromatic rings. The Morgan fingerprint density at radius 2 is 2.00 bits per heavy atom. The molecule has 0 unspecified atom stereocenters. The van der Waals surface area contributed by atoms with E-state index in [9.17, 15) is 5.11 Å². The minimum atomic E-state index is -2.52. The van der Waals surface area contributed by atoms with E-state index in [1.54, 1.807) is 24.3 Å². The summed E-state index contributed by atoms with van der Waals surface area (Å²) in [5, 5.41) is 11.2. The molecule has 1 aliphatic carbocycles. The van der Waals surface area contributed by atoms with Crippen molar-refractivity contribution in [3.05, 3.63) is 29.8 Å². The van der Waals surface area contributed by atoms with E-state index < -0.39 is 19.6 Å². The molecular weight excluding hydrogens is 250 g/mol. The summed E-state index contributed by atoms with van der Waals surface area (Å²) in [5.41, 5.74) is -0.187. The third kappa shape index (κ3) is 3.53. The third-order valence-corrected chi connectivity index (χ3v) is 4.22. The molecule has 0 spiro atoms. The van der Waals surface area contributed by atoms with Crippen LogP contribution in [-0.4, -0.2) is 43.2 Å². The monoisotopic (exact) mass is 283 g/mol. The van der Waals surface area contributed by atoms with Gasteiger partial charge in [0.2, 0.25) is 0 Å². The molecule has 3 nitrogen and oxygen atoms in total. The van der Waals surface area contributed by atoms with Gasteiger partial charge in [0.05, 0.1) is 16.8 Å². The van der Waals surface area contributed by atoms with Gasteiger partial charge in [-0.15, -0.1) is 0 Å². The Morgan fingerprint density at radius 3 is 2.60 bits per heavy atom. The summed E-state index contributed by atoms with van der Waals surface area (Å²) in [4.78, 5) is 1.27. The van der Waals surface area contributed by atoms with Crippen LogP contribution in [0.1, 0.15) is 51.8 Å². The molecule has 1 N–H and O–H groups in total. The van der Waals surface area contributed by atoms with Gasteiger partial charge in [-0.25, -0.2) is 0 Å². The number of likely N-dealkylation sites (N-methyl/N-ethyl adjacent to an activating group) is 1. The molecule has 0 amide bonds. The smallest absolute Gasteiger partial charge is 0.118 e. The number of hydrogen-bond donors (Lipinski definition) is 1. The van der Waals surface area contributed by atoms with Crippen molar-refractivity contribution in [2.24, 2.45) is 0 Å². The number of rotatable bonds is 5. The molecule has 0 aliphatic heterocycles. The Hall–Kier alpha value is -1.06. The number of ether oxygens (including phenoxy) is 1. The maximum atomic E-state index is 11.2. The largest absolute Gasteiger partial charge is 0.497 e. The lowest BCUT2D eigenvalue weighted by atomic mass is 9.72. The zero-order valence-electron chi connectivity index (χ0n) is 17.9. The first-order valence-corrected chi connectivity index (χ1v) is 7.13. The number of aliphatic hydroxyl groups is 1. The third-order valence-electron chi connectivity index (χ3n) is 4.22. The van der Waals surface area contributed by atoms with E-state index in [0.29, 0.717) is 12.8 Å². The summed E-state index contributed by atoms with van der Waals surface area (Å²) in [6.45, 7) is -2.06. The van der Waals surface area contributed by atoms with Crippen LogP contribution in [0.25, 0.3) is 0 Å². The Bertz CT molecular complexity index is 578. The zero-order valence-corrected chi connectivity index (χ0v) is 11.9. The predicted molar refractivity (Wildman–Crippen MR) is 82.3 cm³/mol. The van der Waals surface area contributed by atoms with Crippen molar-refractivity contribution in [1.82, 2.24) is 4.90 Å². The fourth-order valence-corrected chi connectivity index (χ4v) is 3.14. The molecular formula is C17H27NO2. The van der Waals surface area contributed by atoms with Gasteiger partial charge in [0, 0.05) is 16.6 Å². The topological polar surface area (TPSA) is 32.7 Å². The van der Waals surface area contributed by atoms with Crippen LogP contribution in [0.3, 0.4) is 0 Å². The van der Waals surface area contributed by atoms with Crippen molar-refractivity contribution in [3.63, 3.8) is 0 Å². The molecule has 1 saturated carbocycles. The highest BCUT2D eigenvalue weighted by Crippen LogP contribution is 2.40. The zero-order chi connectivity index (χ0) is 19.6. The Labute approximate surface area is 131 Å². The average Bonchev–Trinajstić information content (AvgIpc) is 2.51. The molecule has 112 valence electrons.